The van der Waals surface area contributed by atoms with Crippen molar-refractivity contribution in [2.24, 2.45) is 5.73 Å². The Balaban J connectivity index is 2.38. The summed E-state index contributed by atoms with van der Waals surface area (Å²) in [5, 5.41) is 18.0. The lowest BCUT2D eigenvalue weighted by Gasteiger charge is -2.24. The van der Waals surface area contributed by atoms with Crippen LogP contribution in [0, 0.1) is 0 Å². The fraction of sp³-hybridized carbons (Fsp3) is 0.500. The molecule has 0 fully saturated rings. The quantitative estimate of drug-likeness (QED) is 0.522. The number of hydrogen-bond acceptors (Lipinski definition) is 4. The topological polar surface area (TPSA) is 92.5 Å². The fourth-order valence-corrected chi connectivity index (χ4v) is 1.54. The van der Waals surface area contributed by atoms with Crippen LogP contribution in [0.25, 0.3) is 0 Å². The number of benzene rings is 1. The van der Waals surface area contributed by atoms with Crippen molar-refractivity contribution >= 4 is 5.69 Å². The van der Waals surface area contributed by atoms with Gasteiger partial charge in [0.05, 0.1) is 18.8 Å². The van der Waals surface area contributed by atoms with Gasteiger partial charge in [-0.2, -0.15) is 0 Å². The van der Waals surface area contributed by atoms with Crippen molar-refractivity contribution in [1.29, 1.82) is 0 Å². The molecule has 0 unspecified atom stereocenters. The van der Waals surface area contributed by atoms with Gasteiger partial charge in [-0.25, -0.2) is 0 Å². The van der Waals surface area contributed by atoms with Gasteiger partial charge in [0.1, 0.15) is 0 Å². The summed E-state index contributed by atoms with van der Waals surface area (Å²) >= 11 is 0. The molecule has 16 heavy (non-hydrogen) atoms. The van der Waals surface area contributed by atoms with Crippen LogP contribution in [0.15, 0.2) is 24.3 Å². The van der Waals surface area contributed by atoms with Gasteiger partial charge in [0, 0.05) is 5.69 Å². The van der Waals surface area contributed by atoms with Crippen LogP contribution in [0.4, 0.5) is 5.69 Å². The van der Waals surface area contributed by atoms with E-state index in [-0.39, 0.29) is 13.2 Å². The number of aryl methyl sites for hydroxylation is 1. The zero-order valence-electron chi connectivity index (χ0n) is 9.39. The molecule has 90 valence electrons. The van der Waals surface area contributed by atoms with E-state index in [9.17, 15) is 0 Å². The third-order valence-electron chi connectivity index (χ3n) is 2.75. The van der Waals surface area contributed by atoms with E-state index in [4.69, 9.17) is 21.7 Å². The maximum absolute atomic E-state index is 9.02. The van der Waals surface area contributed by atoms with Crippen molar-refractivity contribution < 1.29 is 10.2 Å². The number of rotatable bonds is 6. The number of aliphatic hydroxyl groups excluding tert-OH is 2. The Morgan fingerprint density at radius 3 is 2.12 bits per heavy atom. The second-order valence-corrected chi connectivity index (χ2v) is 4.27. The molecule has 0 saturated heterocycles. The molecule has 1 aromatic carbocycles. The smallest absolute Gasteiger partial charge is 0.0633 e. The molecular formula is C12H20N2O2. The molecule has 0 aliphatic carbocycles. The molecule has 1 rings (SSSR count). The first-order chi connectivity index (χ1) is 7.59. The van der Waals surface area contributed by atoms with Gasteiger partial charge in [0.2, 0.25) is 0 Å². The fourth-order valence-electron chi connectivity index (χ4n) is 1.54. The summed E-state index contributed by atoms with van der Waals surface area (Å²) in [6.45, 7) is -0.378. The van der Waals surface area contributed by atoms with E-state index >= 15 is 0 Å². The van der Waals surface area contributed by atoms with Crippen molar-refractivity contribution in [2.45, 2.75) is 24.8 Å². The molecule has 4 heteroatoms. The molecule has 0 spiro atoms. The first-order valence-electron chi connectivity index (χ1n) is 5.45. The van der Waals surface area contributed by atoms with Crippen molar-refractivity contribution in [3.05, 3.63) is 29.8 Å². The Morgan fingerprint density at radius 1 is 1.06 bits per heavy atom. The zero-order valence-corrected chi connectivity index (χ0v) is 9.39. The van der Waals surface area contributed by atoms with E-state index in [1.54, 1.807) is 0 Å². The van der Waals surface area contributed by atoms with Gasteiger partial charge in [-0.15, -0.1) is 0 Å². The minimum absolute atomic E-state index is 0.189. The Kier molecular flexibility index (Phi) is 4.73. The standard InChI is InChI=1S/C12H20N2O2/c13-11-5-3-10(4-6-11)2-1-7-12(14,8-15)9-16/h3-6,15-16H,1-2,7-9,13-14H2. The van der Waals surface area contributed by atoms with Gasteiger partial charge in [-0.1, -0.05) is 12.1 Å². The summed E-state index contributed by atoms with van der Waals surface area (Å²) in [6, 6.07) is 7.68. The van der Waals surface area contributed by atoms with Crippen LogP contribution in [0.5, 0.6) is 0 Å². The number of hydrogen-bond donors (Lipinski definition) is 4. The van der Waals surface area contributed by atoms with E-state index in [0.717, 1.165) is 18.5 Å². The second kappa shape index (κ2) is 5.84. The monoisotopic (exact) mass is 224 g/mol. The average Bonchev–Trinajstić information content (AvgIpc) is 2.31. The summed E-state index contributed by atoms with van der Waals surface area (Å²) in [6.07, 6.45) is 2.31. The molecule has 0 radical (unpaired) electrons. The van der Waals surface area contributed by atoms with Crippen molar-refractivity contribution in [3.8, 4) is 0 Å². The predicted molar refractivity (Wildman–Crippen MR) is 64.9 cm³/mol. The predicted octanol–water partition coefficient (Wildman–Crippen LogP) is 0.274. The highest BCUT2D eigenvalue weighted by Gasteiger charge is 2.21. The molecule has 0 heterocycles. The van der Waals surface area contributed by atoms with E-state index < -0.39 is 5.54 Å². The summed E-state index contributed by atoms with van der Waals surface area (Å²) in [5.74, 6) is 0. The number of nitrogen functional groups attached to an aromatic ring is 1. The minimum Gasteiger partial charge on any atom is -0.399 e. The largest absolute Gasteiger partial charge is 0.399 e. The molecule has 0 atom stereocenters. The Bertz CT molecular complexity index is 307. The van der Waals surface area contributed by atoms with Gasteiger partial charge in [0.25, 0.3) is 0 Å². The van der Waals surface area contributed by atoms with Crippen molar-refractivity contribution in [1.82, 2.24) is 0 Å². The SMILES string of the molecule is Nc1ccc(CCCC(N)(CO)CO)cc1. The summed E-state index contributed by atoms with van der Waals surface area (Å²) in [4.78, 5) is 0. The van der Waals surface area contributed by atoms with Crippen LogP contribution in [0.2, 0.25) is 0 Å². The van der Waals surface area contributed by atoms with Gasteiger partial charge >= 0.3 is 0 Å². The van der Waals surface area contributed by atoms with Gasteiger partial charge in [-0.3, -0.25) is 0 Å². The third-order valence-corrected chi connectivity index (χ3v) is 2.75. The van der Waals surface area contributed by atoms with Crippen LogP contribution < -0.4 is 11.5 Å². The molecule has 4 nitrogen and oxygen atoms in total. The molecular weight excluding hydrogens is 204 g/mol. The zero-order chi connectivity index (χ0) is 12.0. The molecule has 0 aliphatic rings. The first kappa shape index (κ1) is 13.0. The highest BCUT2D eigenvalue weighted by Crippen LogP contribution is 2.13. The molecule has 0 saturated carbocycles. The van der Waals surface area contributed by atoms with Gasteiger partial charge in [0.15, 0.2) is 0 Å². The summed E-state index contributed by atoms with van der Waals surface area (Å²) in [5.41, 5.74) is 12.4. The molecule has 0 amide bonds. The maximum Gasteiger partial charge on any atom is 0.0633 e. The highest BCUT2D eigenvalue weighted by molar-refractivity contribution is 5.39. The Morgan fingerprint density at radius 2 is 1.62 bits per heavy atom. The van der Waals surface area contributed by atoms with Gasteiger partial charge in [-0.05, 0) is 37.0 Å². The second-order valence-electron chi connectivity index (χ2n) is 4.27. The highest BCUT2D eigenvalue weighted by atomic mass is 16.3. The molecule has 0 aliphatic heterocycles. The van der Waals surface area contributed by atoms with Crippen molar-refractivity contribution in [3.63, 3.8) is 0 Å². The first-order valence-corrected chi connectivity index (χ1v) is 5.45. The van der Waals surface area contributed by atoms with Crippen LogP contribution in [0.1, 0.15) is 18.4 Å². The average molecular weight is 224 g/mol. The van der Waals surface area contributed by atoms with Gasteiger partial charge < -0.3 is 21.7 Å². The number of aliphatic hydroxyl groups is 2. The normalized spacial score (nSPS) is 11.7. The minimum atomic E-state index is -0.853. The maximum atomic E-state index is 9.02. The lowest BCUT2D eigenvalue weighted by Crippen LogP contribution is -2.47. The van der Waals surface area contributed by atoms with Crippen LogP contribution in [0.3, 0.4) is 0 Å². The lowest BCUT2D eigenvalue weighted by molar-refractivity contribution is 0.113. The summed E-state index contributed by atoms with van der Waals surface area (Å²) < 4.78 is 0. The summed E-state index contributed by atoms with van der Waals surface area (Å²) in [7, 11) is 0. The van der Waals surface area contributed by atoms with E-state index in [0.29, 0.717) is 6.42 Å². The van der Waals surface area contributed by atoms with Crippen molar-refractivity contribution in [2.75, 3.05) is 18.9 Å². The van der Waals surface area contributed by atoms with E-state index in [2.05, 4.69) is 0 Å². The van der Waals surface area contributed by atoms with Crippen LogP contribution >= 0.6 is 0 Å². The molecule has 1 aromatic rings. The van der Waals surface area contributed by atoms with Crippen LogP contribution in [-0.4, -0.2) is 29.0 Å². The third kappa shape index (κ3) is 3.81. The Hall–Kier alpha value is -1.10. The molecule has 6 N–H and O–H groups in total. The number of nitrogens with two attached hydrogens (primary N) is 2. The number of anilines is 1. The molecule has 0 bridgehead atoms. The lowest BCUT2D eigenvalue weighted by atomic mass is 9.94. The molecule has 0 aromatic heterocycles. The van der Waals surface area contributed by atoms with Crippen LogP contribution in [-0.2, 0) is 6.42 Å². The Labute approximate surface area is 95.9 Å². The van der Waals surface area contributed by atoms with E-state index in [1.165, 1.54) is 5.56 Å². The van der Waals surface area contributed by atoms with E-state index in [1.807, 2.05) is 24.3 Å².